The minimum Gasteiger partial charge on any atom is -0.371 e. The number of nitrogens with zero attached hydrogens (tertiary/aromatic N) is 2. The van der Waals surface area contributed by atoms with Crippen LogP contribution >= 0.6 is 0 Å². The van der Waals surface area contributed by atoms with Crippen LogP contribution in [0.25, 0.3) is 0 Å². The highest BCUT2D eigenvalue weighted by molar-refractivity contribution is 7.92. The topological polar surface area (TPSA) is 81.8 Å². The van der Waals surface area contributed by atoms with Crippen LogP contribution in [0.1, 0.15) is 53.5 Å². The molecule has 11 heteroatoms. The van der Waals surface area contributed by atoms with Gasteiger partial charge in [-0.25, -0.2) is 8.42 Å². The molecule has 44 heavy (non-hydrogen) atoms. The molecular formula is C33H41F3N4O3S. The third-order valence-electron chi connectivity index (χ3n) is 8.66. The molecule has 1 aliphatic heterocycles. The van der Waals surface area contributed by atoms with Gasteiger partial charge in [0.05, 0.1) is 23.4 Å². The number of nitrogens with one attached hydrogen (secondary N) is 2. The molecule has 0 saturated carbocycles. The monoisotopic (exact) mass is 630 g/mol. The van der Waals surface area contributed by atoms with E-state index in [0.29, 0.717) is 41.2 Å². The van der Waals surface area contributed by atoms with Crippen LogP contribution in [-0.4, -0.2) is 58.2 Å². The number of halogens is 3. The van der Waals surface area contributed by atoms with Gasteiger partial charge in [-0.05, 0) is 87.7 Å². The van der Waals surface area contributed by atoms with Crippen LogP contribution in [0.15, 0.2) is 66.7 Å². The van der Waals surface area contributed by atoms with Gasteiger partial charge in [-0.2, -0.15) is 13.2 Å². The average Bonchev–Trinajstić information content (AvgIpc) is 2.96. The fraction of sp³-hybridized carbons (Fsp3) is 0.424. The summed E-state index contributed by atoms with van der Waals surface area (Å²) < 4.78 is 67.0. The molecule has 1 unspecified atom stereocenters. The lowest BCUT2D eigenvalue weighted by molar-refractivity contribution is -0.137. The van der Waals surface area contributed by atoms with Crippen LogP contribution in [-0.2, 0) is 34.0 Å². The fourth-order valence-electron chi connectivity index (χ4n) is 5.86. The molecule has 1 fully saturated rings. The molecule has 4 rings (SSSR count). The third-order valence-corrected chi connectivity index (χ3v) is 9.26. The first kappa shape index (κ1) is 33.3. The van der Waals surface area contributed by atoms with Gasteiger partial charge in [-0.15, -0.1) is 0 Å². The number of carbonyl (C=O) groups is 1. The van der Waals surface area contributed by atoms with Crippen molar-refractivity contribution < 1.29 is 26.4 Å². The van der Waals surface area contributed by atoms with Crippen LogP contribution in [0.3, 0.4) is 0 Å². The van der Waals surface area contributed by atoms with E-state index in [-0.39, 0.29) is 18.0 Å². The van der Waals surface area contributed by atoms with Gasteiger partial charge in [0.2, 0.25) is 15.9 Å². The van der Waals surface area contributed by atoms with Crippen molar-refractivity contribution in [3.8, 4) is 0 Å². The van der Waals surface area contributed by atoms with Crippen LogP contribution in [0.4, 0.5) is 24.5 Å². The highest BCUT2D eigenvalue weighted by Crippen LogP contribution is 2.37. The zero-order chi connectivity index (χ0) is 32.3. The summed E-state index contributed by atoms with van der Waals surface area (Å²) in [6.45, 7) is 4.72. The molecule has 1 amide bonds. The standard InChI is InChI=1S/C33H41F3N4O3S/c1-23-19-26(12-14-29(23)38-44(5,42)43)24(2)31(41)37-22-27-11-13-28(33(34,35)36)20-30(27)40-17-15-32(16-18-40,39(3)4)21-25-9-7-6-8-10-25/h6-14,19-20,24,38H,15-18,21-22H2,1-5H3,(H,37,41). The summed E-state index contributed by atoms with van der Waals surface area (Å²) in [6, 6.07) is 19.0. The summed E-state index contributed by atoms with van der Waals surface area (Å²) in [6.07, 6.45) is -1.02. The van der Waals surface area contributed by atoms with E-state index in [1.807, 2.05) is 23.1 Å². The minimum absolute atomic E-state index is 0.0721. The van der Waals surface area contributed by atoms with Crippen molar-refractivity contribution in [3.05, 3.63) is 94.5 Å². The number of amides is 1. The number of hydrogen-bond donors (Lipinski definition) is 2. The van der Waals surface area contributed by atoms with Crippen molar-refractivity contribution in [1.82, 2.24) is 10.2 Å². The first-order chi connectivity index (χ1) is 20.6. The van der Waals surface area contributed by atoms with Crippen molar-refractivity contribution in [2.45, 2.75) is 57.3 Å². The number of rotatable bonds is 10. The van der Waals surface area contributed by atoms with Gasteiger partial charge in [0.1, 0.15) is 0 Å². The van der Waals surface area contributed by atoms with E-state index in [4.69, 9.17) is 0 Å². The van der Waals surface area contributed by atoms with Crippen LogP contribution in [0.5, 0.6) is 0 Å². The second-order valence-electron chi connectivity index (χ2n) is 12.0. The van der Waals surface area contributed by atoms with Crippen molar-refractivity contribution in [2.24, 2.45) is 0 Å². The van der Waals surface area contributed by atoms with Crippen molar-refractivity contribution in [1.29, 1.82) is 0 Å². The van der Waals surface area contributed by atoms with Gasteiger partial charge < -0.3 is 15.1 Å². The Hall–Kier alpha value is -3.57. The molecule has 0 bridgehead atoms. The lowest BCUT2D eigenvalue weighted by atomic mass is 9.80. The molecule has 0 aromatic heterocycles. The summed E-state index contributed by atoms with van der Waals surface area (Å²) in [5.74, 6) is -0.847. The second-order valence-corrected chi connectivity index (χ2v) is 13.7. The highest BCUT2D eigenvalue weighted by atomic mass is 32.2. The molecule has 1 heterocycles. The number of hydrogen-bond acceptors (Lipinski definition) is 5. The normalized spacial score (nSPS) is 16.1. The molecular weight excluding hydrogens is 589 g/mol. The fourth-order valence-corrected chi connectivity index (χ4v) is 6.49. The van der Waals surface area contributed by atoms with E-state index in [1.165, 1.54) is 17.7 Å². The number of benzene rings is 3. The number of likely N-dealkylation sites (N-methyl/N-ethyl adjacent to an activating group) is 1. The van der Waals surface area contributed by atoms with E-state index in [1.54, 1.807) is 32.0 Å². The summed E-state index contributed by atoms with van der Waals surface area (Å²) in [5, 5.41) is 2.91. The Morgan fingerprint density at radius 2 is 1.68 bits per heavy atom. The molecule has 1 aliphatic rings. The van der Waals surface area contributed by atoms with Gasteiger partial charge in [0.15, 0.2) is 0 Å². The highest BCUT2D eigenvalue weighted by Gasteiger charge is 2.38. The predicted octanol–water partition coefficient (Wildman–Crippen LogP) is 5.95. The third kappa shape index (κ3) is 8.12. The largest absolute Gasteiger partial charge is 0.416 e. The molecule has 2 N–H and O–H groups in total. The number of aryl methyl sites for hydroxylation is 1. The SMILES string of the molecule is Cc1cc(C(C)C(=O)NCc2ccc(C(F)(F)F)cc2N2CCC(Cc3ccccc3)(N(C)C)CC2)ccc1NS(C)(=O)=O. The Morgan fingerprint density at radius 1 is 1.02 bits per heavy atom. The Labute approximate surface area is 258 Å². The van der Waals surface area contributed by atoms with E-state index in [9.17, 15) is 26.4 Å². The summed E-state index contributed by atoms with van der Waals surface area (Å²) in [7, 11) is 0.670. The number of carbonyl (C=O) groups excluding carboxylic acids is 1. The van der Waals surface area contributed by atoms with Crippen molar-refractivity contribution in [2.75, 3.05) is 43.1 Å². The van der Waals surface area contributed by atoms with Crippen LogP contribution in [0.2, 0.25) is 0 Å². The molecule has 7 nitrogen and oxygen atoms in total. The molecule has 0 spiro atoms. The summed E-state index contributed by atoms with van der Waals surface area (Å²) >= 11 is 0. The van der Waals surface area contributed by atoms with Gasteiger partial charge in [-0.1, -0.05) is 48.5 Å². The van der Waals surface area contributed by atoms with Crippen molar-refractivity contribution in [3.63, 3.8) is 0 Å². The van der Waals surface area contributed by atoms with E-state index >= 15 is 0 Å². The van der Waals surface area contributed by atoms with E-state index in [2.05, 4.69) is 41.2 Å². The number of anilines is 2. The number of alkyl halides is 3. The van der Waals surface area contributed by atoms with Crippen LogP contribution < -0.4 is 14.9 Å². The number of piperidine rings is 1. The predicted molar refractivity (Wildman–Crippen MR) is 169 cm³/mol. The molecule has 1 atom stereocenters. The average molecular weight is 631 g/mol. The first-order valence-corrected chi connectivity index (χ1v) is 16.5. The van der Waals surface area contributed by atoms with E-state index in [0.717, 1.165) is 31.6 Å². The maximum Gasteiger partial charge on any atom is 0.416 e. The molecule has 1 saturated heterocycles. The molecule has 0 radical (unpaired) electrons. The second kappa shape index (κ2) is 13.2. The zero-order valence-corrected chi connectivity index (χ0v) is 26.6. The molecule has 0 aliphatic carbocycles. The van der Waals surface area contributed by atoms with Gasteiger partial charge >= 0.3 is 6.18 Å². The smallest absolute Gasteiger partial charge is 0.371 e. The first-order valence-electron chi connectivity index (χ1n) is 14.6. The minimum atomic E-state index is -4.49. The Balaban J connectivity index is 1.51. The van der Waals surface area contributed by atoms with Gasteiger partial charge in [0.25, 0.3) is 0 Å². The Morgan fingerprint density at radius 3 is 2.25 bits per heavy atom. The Kier molecular flexibility index (Phi) is 9.99. The zero-order valence-electron chi connectivity index (χ0n) is 25.8. The number of sulfonamides is 1. The molecule has 3 aromatic carbocycles. The van der Waals surface area contributed by atoms with Crippen LogP contribution in [0, 0.1) is 6.92 Å². The molecule has 238 valence electrons. The summed E-state index contributed by atoms with van der Waals surface area (Å²) in [5.41, 5.74) is 3.28. The quantitative estimate of drug-likeness (QED) is 0.290. The molecule has 3 aromatic rings. The van der Waals surface area contributed by atoms with Crippen molar-refractivity contribution >= 4 is 27.3 Å². The summed E-state index contributed by atoms with van der Waals surface area (Å²) in [4.78, 5) is 17.4. The maximum atomic E-state index is 13.8. The maximum absolute atomic E-state index is 13.8. The Bertz CT molecular complexity index is 1570. The van der Waals surface area contributed by atoms with Gasteiger partial charge in [0, 0.05) is 30.9 Å². The lowest BCUT2D eigenvalue weighted by Gasteiger charge is -2.47. The van der Waals surface area contributed by atoms with E-state index < -0.39 is 27.7 Å². The van der Waals surface area contributed by atoms with Gasteiger partial charge in [-0.3, -0.25) is 9.52 Å². The lowest BCUT2D eigenvalue weighted by Crippen LogP contribution is -2.54.